The van der Waals surface area contributed by atoms with Gasteiger partial charge < -0.3 is 15.4 Å². The van der Waals surface area contributed by atoms with Crippen molar-refractivity contribution in [3.8, 4) is 0 Å². The van der Waals surface area contributed by atoms with Gasteiger partial charge >= 0.3 is 5.97 Å². The number of carboxylic acids is 1. The van der Waals surface area contributed by atoms with Crippen LogP contribution in [0.3, 0.4) is 0 Å². The molecule has 0 amide bonds. The first-order valence-electron chi connectivity index (χ1n) is 7.81. The van der Waals surface area contributed by atoms with Gasteiger partial charge in [-0.3, -0.25) is 0 Å². The Labute approximate surface area is 177 Å². The smallest absolute Gasteiger partial charge is 0.330 e. The van der Waals surface area contributed by atoms with E-state index in [0.717, 1.165) is 0 Å². The molecule has 127 valence electrons. The summed E-state index contributed by atoms with van der Waals surface area (Å²) in [6.07, 6.45) is 2.96. The molecule has 0 saturated carbocycles. The van der Waals surface area contributed by atoms with Gasteiger partial charge in [0.05, 0.1) is 0 Å². The van der Waals surface area contributed by atoms with Gasteiger partial charge in [0.1, 0.15) is 6.04 Å². The van der Waals surface area contributed by atoms with Crippen molar-refractivity contribution < 1.29 is 42.6 Å². The number of rotatable bonds is 6. The fourth-order valence-electron chi connectivity index (χ4n) is 2.37. The molecule has 3 aromatic carbocycles. The number of aliphatic carboxylic acids is 1. The molecule has 1 atom stereocenters. The average Bonchev–Trinajstić information content (AvgIpc) is 2.66. The number of hydrogen-bond donors (Lipinski definition) is 2. The van der Waals surface area contributed by atoms with Crippen LogP contribution in [0.2, 0.25) is 0 Å². The molecule has 1 unspecified atom stereocenters. The zero-order valence-electron chi connectivity index (χ0n) is 14.0. The minimum atomic E-state index is -0.950. The van der Waals surface area contributed by atoms with E-state index in [1.807, 2.05) is 60.7 Å². The van der Waals surface area contributed by atoms with Crippen LogP contribution in [0.25, 0.3) is 0 Å². The van der Waals surface area contributed by atoms with Gasteiger partial charge in [0.2, 0.25) is 0 Å². The second-order valence-corrected chi connectivity index (χ2v) is 5.34. The van der Waals surface area contributed by atoms with Crippen molar-refractivity contribution >= 4 is 23.6 Å². The summed E-state index contributed by atoms with van der Waals surface area (Å²) in [5, 5.41) is 12.6. The molecule has 0 heterocycles. The first-order valence-corrected chi connectivity index (χ1v) is 7.81. The molecular weight excluding hydrogens is 401 g/mol. The number of benzene rings is 3. The summed E-state index contributed by atoms with van der Waals surface area (Å²) in [6.45, 7) is 0. The maximum absolute atomic E-state index is 11.7. The summed E-state index contributed by atoms with van der Waals surface area (Å²) in [5.41, 5.74) is 2.67. The predicted molar refractivity (Wildman–Crippen MR) is 98.4 cm³/mol. The molecule has 26 heavy (non-hydrogen) atoms. The van der Waals surface area contributed by atoms with Crippen LogP contribution in [0.15, 0.2) is 83.9 Å². The molecule has 0 aliphatic heterocycles. The van der Waals surface area contributed by atoms with E-state index in [-0.39, 0.29) is 32.7 Å². The molecule has 3 aromatic rings. The van der Waals surface area contributed by atoms with E-state index in [4.69, 9.17) is 0 Å². The van der Waals surface area contributed by atoms with Gasteiger partial charge in [0.25, 0.3) is 0 Å². The predicted octanol–water partition coefficient (Wildman–Crippen LogP) is 4.35. The second-order valence-electron chi connectivity index (χ2n) is 5.34. The van der Waals surface area contributed by atoms with Crippen LogP contribution in [-0.4, -0.2) is 17.3 Å². The average molecular weight is 417 g/mol. The third kappa shape index (κ3) is 5.35. The molecule has 4 nitrogen and oxygen atoms in total. The molecule has 0 bridgehead atoms. The Bertz CT molecular complexity index is 867. The van der Waals surface area contributed by atoms with Gasteiger partial charge in [-0.25, -0.2) is 10.9 Å². The summed E-state index contributed by atoms with van der Waals surface area (Å²) in [6, 6.07) is 25.9. The molecule has 2 N–H and O–H groups in total. The van der Waals surface area contributed by atoms with Crippen molar-refractivity contribution in [2.45, 2.75) is 6.04 Å². The third-order valence-corrected chi connectivity index (χ3v) is 3.60. The second kappa shape index (κ2) is 10.00. The largest absolute Gasteiger partial charge is 0.479 e. The Balaban J connectivity index is 0.00000243. The van der Waals surface area contributed by atoms with Crippen molar-refractivity contribution in [1.29, 1.82) is 0 Å². The summed E-state index contributed by atoms with van der Waals surface area (Å²) in [7, 11) is 0. The molecule has 0 aromatic heterocycles. The maximum Gasteiger partial charge on any atom is 0.330 e. The summed E-state index contributed by atoms with van der Waals surface area (Å²) >= 11 is 0. The molecule has 3 rings (SSSR count). The van der Waals surface area contributed by atoms with Crippen LogP contribution in [-0.2, 0) is 37.5 Å². The number of hydrogen-bond acceptors (Lipinski definition) is 3. The Morgan fingerprint density at radius 3 is 2.38 bits per heavy atom. The monoisotopic (exact) mass is 417 g/mol. The van der Waals surface area contributed by atoms with Crippen LogP contribution in [0.1, 0.15) is 17.2 Å². The van der Waals surface area contributed by atoms with Crippen molar-refractivity contribution in [1.82, 2.24) is 0 Å². The molecule has 0 spiro atoms. The number of nitrogens with zero attached hydrogens (tertiary/aromatic N) is 1. The van der Waals surface area contributed by atoms with Crippen molar-refractivity contribution in [3.05, 3.63) is 96.1 Å². The molecule has 0 saturated heterocycles. The van der Waals surface area contributed by atoms with E-state index >= 15 is 0 Å². The molecule has 1 radical (unpaired) electrons. The Morgan fingerprint density at radius 1 is 1.00 bits per heavy atom. The fourth-order valence-corrected chi connectivity index (χ4v) is 2.37. The van der Waals surface area contributed by atoms with Gasteiger partial charge in [-0.05, 0) is 17.5 Å². The first kappa shape index (κ1) is 20.0. The van der Waals surface area contributed by atoms with Gasteiger partial charge in [-0.1, -0.05) is 42.5 Å². The minimum absolute atomic E-state index is 0. The van der Waals surface area contributed by atoms with Crippen molar-refractivity contribution in [2.24, 2.45) is 4.99 Å². The Morgan fingerprint density at radius 2 is 1.69 bits per heavy atom. The quantitative estimate of drug-likeness (QED) is 0.463. The maximum atomic E-state index is 11.7. The SMILES string of the molecule is O=C(O)C(Nc1ccccc1[C-]=Nc1[c-]cccc1)c1ccccc1.[Y]. The molecule has 0 aliphatic carbocycles. The van der Waals surface area contributed by atoms with Gasteiger partial charge in [0, 0.05) is 32.7 Å². The number of nitrogens with one attached hydrogen (secondary N) is 1. The zero-order chi connectivity index (χ0) is 17.5. The van der Waals surface area contributed by atoms with E-state index in [1.54, 1.807) is 18.2 Å². The number of carboxylic acid groups (broad SMARTS) is 1. The summed E-state index contributed by atoms with van der Waals surface area (Å²) in [4.78, 5) is 16.0. The Hall–Kier alpha value is -2.30. The normalized spacial score (nSPS) is 11.5. The van der Waals surface area contributed by atoms with E-state index in [1.165, 1.54) is 0 Å². The standard InChI is InChI=1S/C21H16N2O2.Y/c24-21(25)20(16-9-3-1-4-10-16)23-19-14-8-7-11-17(19)15-22-18-12-5-2-6-13-18;/h1-12,14,20,23H,(H,24,25);/q-2;. The topological polar surface area (TPSA) is 61.7 Å². The van der Waals surface area contributed by atoms with E-state index in [9.17, 15) is 9.90 Å². The molecule has 5 heteroatoms. The van der Waals surface area contributed by atoms with Gasteiger partial charge in [-0.15, -0.1) is 23.4 Å². The van der Waals surface area contributed by atoms with Crippen LogP contribution in [0.4, 0.5) is 11.4 Å². The minimum Gasteiger partial charge on any atom is -0.479 e. The number of aliphatic imine (C=N–C) groups is 1. The first-order chi connectivity index (χ1) is 12.2. The van der Waals surface area contributed by atoms with Crippen molar-refractivity contribution in [3.63, 3.8) is 0 Å². The molecule has 0 aliphatic rings. The van der Waals surface area contributed by atoms with E-state index in [0.29, 0.717) is 22.5 Å². The summed E-state index contributed by atoms with van der Waals surface area (Å²) in [5.74, 6) is -0.950. The van der Waals surface area contributed by atoms with Crippen LogP contribution >= 0.6 is 0 Å². The van der Waals surface area contributed by atoms with Crippen molar-refractivity contribution in [2.75, 3.05) is 5.32 Å². The van der Waals surface area contributed by atoms with E-state index in [2.05, 4.69) is 22.6 Å². The van der Waals surface area contributed by atoms with Crippen LogP contribution < -0.4 is 5.32 Å². The molecule has 0 fully saturated rings. The Kier molecular flexibility index (Phi) is 7.70. The number of para-hydroxylation sites is 2. The molecular formula is C21H16N2O2Y-2. The zero-order valence-corrected chi connectivity index (χ0v) is 16.8. The van der Waals surface area contributed by atoms with Gasteiger partial charge in [-0.2, -0.15) is 24.3 Å². The third-order valence-electron chi connectivity index (χ3n) is 3.60. The number of anilines is 1. The number of carbonyl (C=O) groups is 1. The van der Waals surface area contributed by atoms with Crippen LogP contribution in [0, 0.1) is 6.07 Å². The fraction of sp³-hybridized carbons (Fsp3) is 0.0476. The summed E-state index contributed by atoms with van der Waals surface area (Å²) < 4.78 is 0. The van der Waals surface area contributed by atoms with Gasteiger partial charge in [0.15, 0.2) is 0 Å². The van der Waals surface area contributed by atoms with Crippen LogP contribution in [0.5, 0.6) is 0 Å². The van der Waals surface area contributed by atoms with E-state index < -0.39 is 12.0 Å².